The fourth-order valence-corrected chi connectivity index (χ4v) is 3.69. The van der Waals surface area contributed by atoms with Crippen LogP contribution in [-0.4, -0.2) is 44.5 Å². The van der Waals surface area contributed by atoms with Gasteiger partial charge in [0, 0.05) is 25.4 Å². The minimum Gasteiger partial charge on any atom is -0.454 e. The fraction of sp³-hybridized carbons (Fsp3) is 0.417. The molecule has 8 nitrogen and oxygen atoms in total. The van der Waals surface area contributed by atoms with Crippen LogP contribution in [0.2, 0.25) is 0 Å². The first-order valence-electron chi connectivity index (χ1n) is 11.1. The lowest BCUT2D eigenvalue weighted by atomic mass is 10.1. The molecule has 0 spiro atoms. The second kappa shape index (κ2) is 10.9. The van der Waals surface area contributed by atoms with Crippen molar-refractivity contribution in [1.82, 2.24) is 10.6 Å². The van der Waals surface area contributed by atoms with Crippen LogP contribution in [0.1, 0.15) is 30.9 Å². The number of hydrogen-bond donors (Lipinski definition) is 3. The molecule has 2 aromatic rings. The molecule has 2 aliphatic rings. The Kier molecular flexibility index (Phi) is 7.45. The van der Waals surface area contributed by atoms with Gasteiger partial charge in [-0.1, -0.05) is 18.2 Å². The molecular formula is C24H30N4O4. The number of guanidine groups is 1. The first-order valence-corrected chi connectivity index (χ1v) is 11.1. The molecule has 1 amide bonds. The van der Waals surface area contributed by atoms with Crippen molar-refractivity contribution in [3.8, 4) is 11.5 Å². The van der Waals surface area contributed by atoms with E-state index in [1.807, 2.05) is 43.3 Å². The minimum atomic E-state index is -0.342. The van der Waals surface area contributed by atoms with Crippen molar-refractivity contribution in [3.05, 3.63) is 53.6 Å². The van der Waals surface area contributed by atoms with E-state index in [2.05, 4.69) is 27.0 Å². The van der Waals surface area contributed by atoms with Gasteiger partial charge < -0.3 is 30.2 Å². The third-order valence-corrected chi connectivity index (χ3v) is 5.32. The molecule has 0 aromatic heterocycles. The number of aliphatic imine (C=N–C) groups is 1. The second-order valence-electron chi connectivity index (χ2n) is 7.75. The van der Waals surface area contributed by atoms with Gasteiger partial charge >= 0.3 is 0 Å². The Balaban J connectivity index is 1.30. The maximum Gasteiger partial charge on any atom is 0.253 e. The van der Waals surface area contributed by atoms with Crippen molar-refractivity contribution in [1.29, 1.82) is 0 Å². The summed E-state index contributed by atoms with van der Waals surface area (Å²) in [4.78, 5) is 17.0. The highest BCUT2D eigenvalue weighted by Crippen LogP contribution is 2.32. The molecule has 4 rings (SSSR count). The van der Waals surface area contributed by atoms with Gasteiger partial charge in [-0.3, -0.25) is 4.79 Å². The summed E-state index contributed by atoms with van der Waals surface area (Å²) in [5.41, 5.74) is 2.95. The summed E-state index contributed by atoms with van der Waals surface area (Å²) in [7, 11) is 0. The zero-order chi connectivity index (χ0) is 22.2. The third kappa shape index (κ3) is 5.91. The first kappa shape index (κ1) is 22.0. The number of benzene rings is 2. The van der Waals surface area contributed by atoms with E-state index in [0.717, 1.165) is 61.1 Å². The lowest BCUT2D eigenvalue weighted by Gasteiger charge is -2.13. The molecule has 2 aliphatic heterocycles. The van der Waals surface area contributed by atoms with Gasteiger partial charge in [0.05, 0.1) is 6.54 Å². The topological polar surface area (TPSA) is 93.2 Å². The first-order chi connectivity index (χ1) is 15.7. The molecule has 0 radical (unpaired) electrons. The molecule has 32 heavy (non-hydrogen) atoms. The van der Waals surface area contributed by atoms with Crippen LogP contribution in [0.25, 0.3) is 0 Å². The van der Waals surface area contributed by atoms with Crippen molar-refractivity contribution >= 4 is 17.6 Å². The monoisotopic (exact) mass is 438 g/mol. The van der Waals surface area contributed by atoms with Gasteiger partial charge in [0.1, 0.15) is 6.10 Å². The van der Waals surface area contributed by atoms with Crippen molar-refractivity contribution in [3.63, 3.8) is 0 Å². The number of ether oxygens (including phenoxy) is 3. The summed E-state index contributed by atoms with van der Waals surface area (Å²) in [6.07, 6.45) is 2.21. The maximum absolute atomic E-state index is 12.3. The van der Waals surface area contributed by atoms with E-state index in [1.54, 1.807) is 0 Å². The van der Waals surface area contributed by atoms with E-state index in [1.165, 1.54) is 5.56 Å². The van der Waals surface area contributed by atoms with Gasteiger partial charge in [-0.05, 0) is 61.6 Å². The molecule has 8 heteroatoms. The highest BCUT2D eigenvalue weighted by molar-refractivity contribution is 5.94. The molecule has 3 N–H and O–H groups in total. The molecule has 2 aromatic carbocycles. The Morgan fingerprint density at radius 2 is 2.00 bits per heavy atom. The molecule has 0 aliphatic carbocycles. The lowest BCUT2D eigenvalue weighted by Crippen LogP contribution is -2.38. The predicted molar refractivity (Wildman–Crippen MR) is 123 cm³/mol. The van der Waals surface area contributed by atoms with Crippen LogP contribution in [-0.2, 0) is 22.5 Å². The van der Waals surface area contributed by atoms with Crippen LogP contribution in [0.5, 0.6) is 11.5 Å². The molecule has 170 valence electrons. The van der Waals surface area contributed by atoms with E-state index in [4.69, 9.17) is 14.2 Å². The predicted octanol–water partition coefficient (Wildman–Crippen LogP) is 2.83. The van der Waals surface area contributed by atoms with Crippen LogP contribution in [0.15, 0.2) is 47.5 Å². The molecule has 1 fully saturated rings. The summed E-state index contributed by atoms with van der Waals surface area (Å²) in [6, 6.07) is 13.8. The van der Waals surface area contributed by atoms with Crippen LogP contribution in [0, 0.1) is 0 Å². The number of amides is 1. The number of hydrogen-bond acceptors (Lipinski definition) is 5. The zero-order valence-electron chi connectivity index (χ0n) is 18.4. The second-order valence-corrected chi connectivity index (χ2v) is 7.75. The van der Waals surface area contributed by atoms with Gasteiger partial charge in [-0.2, -0.15) is 0 Å². The number of carbonyl (C=O) groups excluding carboxylic acids is 1. The quantitative estimate of drug-likeness (QED) is 0.434. The van der Waals surface area contributed by atoms with E-state index in [-0.39, 0.29) is 18.8 Å². The number of anilines is 1. The molecular weight excluding hydrogens is 408 g/mol. The van der Waals surface area contributed by atoms with Crippen LogP contribution in [0.3, 0.4) is 0 Å². The minimum absolute atomic E-state index is 0.0818. The fourth-order valence-electron chi connectivity index (χ4n) is 3.69. The van der Waals surface area contributed by atoms with E-state index < -0.39 is 0 Å². The maximum atomic E-state index is 12.3. The Morgan fingerprint density at radius 1 is 1.09 bits per heavy atom. The summed E-state index contributed by atoms with van der Waals surface area (Å²) in [5, 5.41) is 9.59. The van der Waals surface area contributed by atoms with Crippen molar-refractivity contribution in [2.24, 2.45) is 4.99 Å². The third-order valence-electron chi connectivity index (χ3n) is 5.32. The van der Waals surface area contributed by atoms with Crippen molar-refractivity contribution in [2.75, 3.05) is 31.8 Å². The summed E-state index contributed by atoms with van der Waals surface area (Å²) >= 11 is 0. The lowest BCUT2D eigenvalue weighted by molar-refractivity contribution is -0.124. The van der Waals surface area contributed by atoms with E-state index in [9.17, 15) is 4.79 Å². The summed E-state index contributed by atoms with van der Waals surface area (Å²) in [5.74, 6) is 2.27. The molecule has 0 bridgehead atoms. The molecule has 2 heterocycles. The zero-order valence-corrected chi connectivity index (χ0v) is 18.4. The molecule has 1 unspecified atom stereocenters. The van der Waals surface area contributed by atoms with Crippen LogP contribution >= 0.6 is 0 Å². The van der Waals surface area contributed by atoms with Gasteiger partial charge in [-0.15, -0.1) is 0 Å². The molecule has 0 saturated carbocycles. The summed E-state index contributed by atoms with van der Waals surface area (Å²) in [6.45, 7) is 4.99. The number of fused-ring (bicyclic) bond motifs is 1. The average molecular weight is 439 g/mol. The Morgan fingerprint density at radius 3 is 2.84 bits per heavy atom. The van der Waals surface area contributed by atoms with Gasteiger partial charge in [-0.25, -0.2) is 4.99 Å². The highest BCUT2D eigenvalue weighted by Gasteiger charge is 2.23. The standard InChI is InChI=1S/C24H30N4O4/c1-2-25-24(26-11-10-17-8-9-20-22(14-17)32-16-31-20)27-15-18-5-3-6-19(13-18)28-23(29)21-7-4-12-30-21/h3,5-6,8-9,13-14,21H,2,4,7,10-12,15-16H2,1H3,(H,28,29)(H2,25,26,27). The largest absolute Gasteiger partial charge is 0.454 e. The Hall–Kier alpha value is -3.26. The summed E-state index contributed by atoms with van der Waals surface area (Å²) < 4.78 is 16.3. The normalized spacial score (nSPS) is 17.3. The van der Waals surface area contributed by atoms with Crippen LogP contribution < -0.4 is 25.4 Å². The van der Waals surface area contributed by atoms with Crippen LogP contribution in [0.4, 0.5) is 5.69 Å². The van der Waals surface area contributed by atoms with Gasteiger partial charge in [0.15, 0.2) is 17.5 Å². The van der Waals surface area contributed by atoms with Gasteiger partial charge in [0.25, 0.3) is 5.91 Å². The SMILES string of the molecule is CCNC(=NCc1cccc(NC(=O)C2CCCO2)c1)NCCc1ccc2c(c1)OCO2. The van der Waals surface area contributed by atoms with E-state index >= 15 is 0 Å². The number of nitrogens with zero attached hydrogens (tertiary/aromatic N) is 1. The van der Waals surface area contributed by atoms with Crippen molar-refractivity contribution in [2.45, 2.75) is 38.8 Å². The van der Waals surface area contributed by atoms with E-state index in [0.29, 0.717) is 13.2 Å². The molecule has 1 saturated heterocycles. The smallest absolute Gasteiger partial charge is 0.253 e. The average Bonchev–Trinajstić information content (AvgIpc) is 3.49. The number of rotatable bonds is 8. The number of nitrogens with one attached hydrogen (secondary N) is 3. The number of carbonyl (C=O) groups is 1. The molecule has 1 atom stereocenters. The Labute approximate surface area is 188 Å². The van der Waals surface area contributed by atoms with Gasteiger partial charge in [0.2, 0.25) is 6.79 Å². The highest BCUT2D eigenvalue weighted by atomic mass is 16.7. The van der Waals surface area contributed by atoms with Crippen molar-refractivity contribution < 1.29 is 19.0 Å². The Bertz CT molecular complexity index is 957.